The Labute approximate surface area is 119 Å². The van der Waals surface area contributed by atoms with Gasteiger partial charge in [-0.05, 0) is 23.1 Å². The molecule has 0 fully saturated rings. The largest absolute Gasteiger partial charge is 0.356 e. The first kappa shape index (κ1) is 11.4. The summed E-state index contributed by atoms with van der Waals surface area (Å²) < 4.78 is 0. The van der Waals surface area contributed by atoms with Crippen molar-refractivity contribution in [2.75, 3.05) is 5.32 Å². The van der Waals surface area contributed by atoms with E-state index in [2.05, 4.69) is 84.2 Å². The molecule has 1 N–H and O–H groups in total. The van der Waals surface area contributed by atoms with Crippen molar-refractivity contribution in [2.45, 2.75) is 0 Å². The minimum Gasteiger partial charge on any atom is -0.356 e. The molecule has 0 saturated carbocycles. The highest BCUT2D eigenvalue weighted by atomic mass is 14.9. The third-order valence-corrected chi connectivity index (χ3v) is 3.95. The number of fused-ring (bicyclic) bond motifs is 2. The molecule has 1 aliphatic heterocycles. The number of benzene rings is 3. The first-order valence-corrected chi connectivity index (χ1v) is 6.93. The Bertz CT molecular complexity index is 707. The van der Waals surface area contributed by atoms with Crippen LogP contribution in [0.2, 0.25) is 0 Å². The van der Waals surface area contributed by atoms with Crippen LogP contribution in [0.4, 0.5) is 11.4 Å². The molecule has 0 aromatic heterocycles. The van der Waals surface area contributed by atoms with Crippen LogP contribution in [0, 0.1) is 0 Å². The van der Waals surface area contributed by atoms with Gasteiger partial charge in [0.15, 0.2) is 0 Å². The van der Waals surface area contributed by atoms with Crippen molar-refractivity contribution in [3.63, 3.8) is 0 Å². The smallest absolute Gasteiger partial charge is 0.246 e. The van der Waals surface area contributed by atoms with Crippen molar-refractivity contribution in [1.29, 1.82) is 0 Å². The maximum atomic E-state index is 3.54. The second-order valence-corrected chi connectivity index (χ2v) is 5.14. The van der Waals surface area contributed by atoms with E-state index in [1.54, 1.807) is 0 Å². The van der Waals surface area contributed by atoms with Gasteiger partial charge in [0.2, 0.25) is 6.71 Å². The molecule has 0 amide bonds. The molecule has 0 atom stereocenters. The van der Waals surface area contributed by atoms with Crippen molar-refractivity contribution in [1.82, 2.24) is 0 Å². The standard InChI is InChI=1S/C18H14BN/c1-2-8-14(9-3-1)19-15-10-4-6-12-17(15)20-18-13-7-5-11-16(18)19/h1-13,20H. The predicted molar refractivity (Wildman–Crippen MR) is 87.3 cm³/mol. The number of rotatable bonds is 1. The van der Waals surface area contributed by atoms with Gasteiger partial charge in [-0.3, -0.25) is 0 Å². The number of hydrogen-bond donors (Lipinski definition) is 1. The van der Waals surface area contributed by atoms with E-state index in [1.165, 1.54) is 27.8 Å². The van der Waals surface area contributed by atoms with E-state index in [0.29, 0.717) is 6.71 Å². The molecular formula is C18H14BN. The van der Waals surface area contributed by atoms with Crippen molar-refractivity contribution < 1.29 is 0 Å². The molecular weight excluding hydrogens is 241 g/mol. The Kier molecular flexibility index (Phi) is 2.60. The van der Waals surface area contributed by atoms with Crippen molar-refractivity contribution in [3.05, 3.63) is 78.9 Å². The topological polar surface area (TPSA) is 12.0 Å². The summed E-state index contributed by atoms with van der Waals surface area (Å²) in [5.74, 6) is 0. The van der Waals surface area contributed by atoms with Crippen LogP contribution in [0.1, 0.15) is 0 Å². The van der Waals surface area contributed by atoms with Gasteiger partial charge in [0.05, 0.1) is 0 Å². The summed E-state index contributed by atoms with van der Waals surface area (Å²) in [5.41, 5.74) is 6.45. The van der Waals surface area contributed by atoms with Gasteiger partial charge < -0.3 is 5.32 Å². The van der Waals surface area contributed by atoms with Crippen LogP contribution in [0.15, 0.2) is 78.9 Å². The summed E-state index contributed by atoms with van der Waals surface area (Å²) in [6.07, 6.45) is 0. The summed E-state index contributed by atoms with van der Waals surface area (Å²) in [4.78, 5) is 0. The van der Waals surface area contributed by atoms with E-state index in [4.69, 9.17) is 0 Å². The van der Waals surface area contributed by atoms with Crippen LogP contribution in [0.3, 0.4) is 0 Å². The van der Waals surface area contributed by atoms with Gasteiger partial charge in [-0.2, -0.15) is 0 Å². The number of anilines is 2. The molecule has 0 saturated heterocycles. The summed E-state index contributed by atoms with van der Waals surface area (Å²) in [6, 6.07) is 27.9. The van der Waals surface area contributed by atoms with Gasteiger partial charge in [0.1, 0.15) is 0 Å². The fourth-order valence-corrected chi connectivity index (χ4v) is 3.04. The lowest BCUT2D eigenvalue weighted by atomic mass is 9.35. The van der Waals surface area contributed by atoms with Crippen molar-refractivity contribution in [2.24, 2.45) is 0 Å². The van der Waals surface area contributed by atoms with Gasteiger partial charge in [-0.25, -0.2) is 0 Å². The van der Waals surface area contributed by atoms with E-state index in [1.807, 2.05) is 0 Å². The minimum atomic E-state index is 0.310. The molecule has 2 heteroatoms. The highest BCUT2D eigenvalue weighted by Gasteiger charge is 2.29. The van der Waals surface area contributed by atoms with E-state index in [-0.39, 0.29) is 0 Å². The molecule has 94 valence electrons. The van der Waals surface area contributed by atoms with Gasteiger partial charge >= 0.3 is 0 Å². The third-order valence-electron chi connectivity index (χ3n) is 3.95. The molecule has 1 aliphatic rings. The lowest BCUT2D eigenvalue weighted by Crippen LogP contribution is -2.55. The van der Waals surface area contributed by atoms with E-state index in [9.17, 15) is 0 Å². The molecule has 1 nitrogen and oxygen atoms in total. The van der Waals surface area contributed by atoms with Gasteiger partial charge in [0, 0.05) is 11.4 Å². The first-order valence-electron chi connectivity index (χ1n) is 6.93. The van der Waals surface area contributed by atoms with Crippen molar-refractivity contribution in [3.8, 4) is 0 Å². The molecule has 0 radical (unpaired) electrons. The molecule has 0 spiro atoms. The lowest BCUT2D eigenvalue weighted by molar-refractivity contribution is 1.56. The number of hydrogen-bond acceptors (Lipinski definition) is 1. The quantitative estimate of drug-likeness (QED) is 0.514. The van der Waals surface area contributed by atoms with Crippen LogP contribution in [-0.2, 0) is 0 Å². The highest BCUT2D eigenvalue weighted by molar-refractivity contribution is 6.97. The molecule has 3 aromatic rings. The van der Waals surface area contributed by atoms with Gasteiger partial charge in [-0.1, -0.05) is 72.2 Å². The number of nitrogens with one attached hydrogen (secondary N) is 1. The third kappa shape index (κ3) is 1.73. The Morgan fingerprint density at radius 3 is 1.65 bits per heavy atom. The Hall–Kier alpha value is -2.48. The second kappa shape index (κ2) is 4.57. The molecule has 20 heavy (non-hydrogen) atoms. The van der Waals surface area contributed by atoms with Crippen LogP contribution in [0.5, 0.6) is 0 Å². The van der Waals surface area contributed by atoms with Gasteiger partial charge in [0.25, 0.3) is 0 Å². The van der Waals surface area contributed by atoms with Crippen molar-refractivity contribution >= 4 is 34.5 Å². The monoisotopic (exact) mass is 255 g/mol. The second-order valence-electron chi connectivity index (χ2n) is 5.14. The molecule has 0 unspecified atom stereocenters. The average Bonchev–Trinajstić information content (AvgIpc) is 2.53. The van der Waals surface area contributed by atoms with E-state index < -0.39 is 0 Å². The summed E-state index contributed by atoms with van der Waals surface area (Å²) >= 11 is 0. The maximum Gasteiger partial charge on any atom is 0.246 e. The van der Waals surface area contributed by atoms with E-state index in [0.717, 1.165) is 0 Å². The average molecular weight is 255 g/mol. The number of para-hydroxylation sites is 2. The molecule has 4 rings (SSSR count). The van der Waals surface area contributed by atoms with Gasteiger partial charge in [-0.15, -0.1) is 0 Å². The van der Waals surface area contributed by atoms with Crippen LogP contribution < -0.4 is 21.7 Å². The first-order chi connectivity index (χ1) is 9.93. The Balaban J connectivity index is 1.98. The zero-order chi connectivity index (χ0) is 13.4. The predicted octanol–water partition coefficient (Wildman–Crippen LogP) is 2.26. The fraction of sp³-hybridized carbons (Fsp3) is 0. The Morgan fingerprint density at radius 2 is 1.05 bits per heavy atom. The molecule has 1 heterocycles. The highest BCUT2D eigenvalue weighted by Crippen LogP contribution is 2.19. The summed E-state index contributed by atoms with van der Waals surface area (Å²) in [6.45, 7) is 0.310. The van der Waals surface area contributed by atoms with Crippen LogP contribution in [0.25, 0.3) is 0 Å². The molecule has 3 aromatic carbocycles. The van der Waals surface area contributed by atoms with Crippen LogP contribution >= 0.6 is 0 Å². The van der Waals surface area contributed by atoms with Crippen LogP contribution in [-0.4, -0.2) is 6.71 Å². The zero-order valence-electron chi connectivity index (χ0n) is 11.1. The molecule has 0 bridgehead atoms. The normalized spacial score (nSPS) is 12.3. The van der Waals surface area contributed by atoms with E-state index >= 15 is 0 Å². The SMILES string of the molecule is c1ccc(B2c3ccccc3Nc3ccccc32)cc1. The zero-order valence-corrected chi connectivity index (χ0v) is 11.1. The maximum absolute atomic E-state index is 3.54. The Morgan fingerprint density at radius 1 is 0.550 bits per heavy atom. The minimum absolute atomic E-state index is 0.310. The molecule has 0 aliphatic carbocycles. The summed E-state index contributed by atoms with van der Waals surface area (Å²) in [7, 11) is 0. The summed E-state index contributed by atoms with van der Waals surface area (Å²) in [5, 5.41) is 3.54. The fourth-order valence-electron chi connectivity index (χ4n) is 3.04. The lowest BCUT2D eigenvalue weighted by Gasteiger charge is -2.27.